The average molecular weight is 427 g/mol. The van der Waals surface area contributed by atoms with Gasteiger partial charge in [0.1, 0.15) is 5.03 Å². The van der Waals surface area contributed by atoms with Crippen molar-refractivity contribution in [3.63, 3.8) is 0 Å². The van der Waals surface area contributed by atoms with Crippen LogP contribution in [0.3, 0.4) is 0 Å². The summed E-state index contributed by atoms with van der Waals surface area (Å²) in [5.41, 5.74) is 4.04. The summed E-state index contributed by atoms with van der Waals surface area (Å²) >= 11 is 2.60. The van der Waals surface area contributed by atoms with Crippen LogP contribution in [-0.2, 0) is 11.2 Å². The number of benzene rings is 1. The highest BCUT2D eigenvalue weighted by atomic mass is 32.2. The van der Waals surface area contributed by atoms with Crippen molar-refractivity contribution < 1.29 is 9.59 Å². The van der Waals surface area contributed by atoms with Crippen molar-refractivity contribution in [1.82, 2.24) is 9.97 Å². The number of hydrogen-bond donors (Lipinski definition) is 2. The molecular formula is C21H22N4O2S2. The van der Waals surface area contributed by atoms with E-state index in [0.29, 0.717) is 15.7 Å². The van der Waals surface area contributed by atoms with Gasteiger partial charge in [0.15, 0.2) is 5.13 Å². The van der Waals surface area contributed by atoms with Gasteiger partial charge in [-0.15, -0.1) is 11.3 Å². The SMILES string of the molecule is CCc1ccc(NC(=O)c2c(C)cc(C)nc2SCC(=O)Nc2nccs2)cc1. The predicted molar refractivity (Wildman–Crippen MR) is 119 cm³/mol. The van der Waals surface area contributed by atoms with Crippen molar-refractivity contribution in [1.29, 1.82) is 0 Å². The molecule has 150 valence electrons. The second kappa shape index (κ2) is 9.67. The van der Waals surface area contributed by atoms with Gasteiger partial charge < -0.3 is 10.6 Å². The Labute approximate surface area is 178 Å². The molecule has 0 saturated heterocycles. The Hall–Kier alpha value is -2.71. The van der Waals surface area contributed by atoms with Crippen LogP contribution in [0.25, 0.3) is 0 Å². The van der Waals surface area contributed by atoms with Gasteiger partial charge >= 0.3 is 0 Å². The highest BCUT2D eigenvalue weighted by Gasteiger charge is 2.19. The second-order valence-electron chi connectivity index (χ2n) is 6.44. The van der Waals surface area contributed by atoms with Gasteiger partial charge in [0.2, 0.25) is 5.91 Å². The monoisotopic (exact) mass is 426 g/mol. The van der Waals surface area contributed by atoms with E-state index in [0.717, 1.165) is 23.4 Å². The summed E-state index contributed by atoms with van der Waals surface area (Å²) in [7, 11) is 0. The smallest absolute Gasteiger partial charge is 0.258 e. The van der Waals surface area contributed by atoms with Gasteiger partial charge in [0.25, 0.3) is 5.91 Å². The first-order valence-corrected chi connectivity index (χ1v) is 11.0. The molecule has 0 aliphatic carbocycles. The molecule has 2 heterocycles. The molecule has 8 heteroatoms. The van der Waals surface area contributed by atoms with Crippen LogP contribution in [-0.4, -0.2) is 27.5 Å². The molecular weight excluding hydrogens is 404 g/mol. The molecule has 0 saturated carbocycles. The topological polar surface area (TPSA) is 84.0 Å². The van der Waals surface area contributed by atoms with Gasteiger partial charge in [-0.05, 0) is 49.6 Å². The molecule has 3 aromatic rings. The molecule has 1 aromatic carbocycles. The number of nitrogens with zero attached hydrogens (tertiary/aromatic N) is 2. The van der Waals surface area contributed by atoms with Crippen molar-refractivity contribution in [2.75, 3.05) is 16.4 Å². The van der Waals surface area contributed by atoms with Crippen molar-refractivity contribution in [3.8, 4) is 0 Å². The first-order valence-electron chi connectivity index (χ1n) is 9.17. The normalized spacial score (nSPS) is 10.6. The zero-order chi connectivity index (χ0) is 20.8. The summed E-state index contributed by atoms with van der Waals surface area (Å²) in [5.74, 6) is -0.282. The number of hydrogen-bond acceptors (Lipinski definition) is 6. The van der Waals surface area contributed by atoms with Crippen LogP contribution in [0, 0.1) is 13.8 Å². The van der Waals surface area contributed by atoms with Crippen molar-refractivity contribution in [2.24, 2.45) is 0 Å². The summed E-state index contributed by atoms with van der Waals surface area (Å²) in [5, 5.41) is 8.56. The Morgan fingerprint density at radius 2 is 1.90 bits per heavy atom. The molecule has 0 spiro atoms. The molecule has 0 fully saturated rings. The lowest BCUT2D eigenvalue weighted by molar-refractivity contribution is -0.113. The number of aromatic nitrogens is 2. The number of rotatable bonds is 7. The number of thiazole rings is 1. The van der Waals surface area contributed by atoms with Gasteiger partial charge in [0.05, 0.1) is 11.3 Å². The lowest BCUT2D eigenvalue weighted by Crippen LogP contribution is -2.18. The maximum atomic E-state index is 12.9. The summed E-state index contributed by atoms with van der Waals surface area (Å²) < 4.78 is 0. The molecule has 0 atom stereocenters. The van der Waals surface area contributed by atoms with Gasteiger partial charge in [0, 0.05) is 23.0 Å². The summed E-state index contributed by atoms with van der Waals surface area (Å²) in [6.07, 6.45) is 2.58. The van der Waals surface area contributed by atoms with E-state index >= 15 is 0 Å². The highest BCUT2D eigenvalue weighted by molar-refractivity contribution is 8.00. The number of carbonyl (C=O) groups is 2. The number of carbonyl (C=O) groups excluding carboxylic acids is 2. The number of anilines is 2. The highest BCUT2D eigenvalue weighted by Crippen LogP contribution is 2.26. The van der Waals surface area contributed by atoms with Crippen molar-refractivity contribution in [2.45, 2.75) is 32.2 Å². The van der Waals surface area contributed by atoms with Crippen LogP contribution in [0.15, 0.2) is 46.9 Å². The molecule has 2 aromatic heterocycles. The van der Waals surface area contributed by atoms with Crippen molar-refractivity contribution >= 4 is 45.7 Å². The number of amides is 2. The standard InChI is InChI=1S/C21H22N4O2S2/c1-4-15-5-7-16(8-6-15)24-19(27)18-13(2)11-14(3)23-20(18)29-12-17(26)25-21-22-9-10-28-21/h5-11H,4,12H2,1-3H3,(H,24,27)(H,22,25,26). The van der Waals surface area contributed by atoms with Crippen LogP contribution >= 0.6 is 23.1 Å². The molecule has 29 heavy (non-hydrogen) atoms. The zero-order valence-electron chi connectivity index (χ0n) is 16.5. The largest absolute Gasteiger partial charge is 0.322 e. The number of thioether (sulfide) groups is 1. The second-order valence-corrected chi connectivity index (χ2v) is 8.30. The third-order valence-electron chi connectivity index (χ3n) is 4.18. The lowest BCUT2D eigenvalue weighted by atomic mass is 10.1. The van der Waals surface area contributed by atoms with E-state index in [4.69, 9.17) is 0 Å². The van der Waals surface area contributed by atoms with E-state index in [1.807, 2.05) is 44.2 Å². The van der Waals surface area contributed by atoms with Crippen molar-refractivity contribution in [3.05, 3.63) is 64.3 Å². The molecule has 0 aliphatic rings. The van der Waals surface area contributed by atoms with Gasteiger partial charge in [-0.2, -0.15) is 0 Å². The van der Waals surface area contributed by atoms with Gasteiger partial charge in [-0.3, -0.25) is 9.59 Å². The van der Waals surface area contributed by atoms with Crippen LogP contribution in [0.2, 0.25) is 0 Å². The minimum Gasteiger partial charge on any atom is -0.322 e. The van der Waals surface area contributed by atoms with Crippen LogP contribution in [0.5, 0.6) is 0 Å². The van der Waals surface area contributed by atoms with E-state index < -0.39 is 0 Å². The number of aryl methyl sites for hydroxylation is 3. The molecule has 3 rings (SSSR count). The van der Waals surface area contributed by atoms with E-state index in [1.165, 1.54) is 28.7 Å². The maximum absolute atomic E-state index is 12.9. The summed E-state index contributed by atoms with van der Waals surface area (Å²) in [4.78, 5) is 33.7. The molecule has 6 nitrogen and oxygen atoms in total. The van der Waals surface area contributed by atoms with E-state index in [9.17, 15) is 9.59 Å². The van der Waals surface area contributed by atoms with E-state index in [2.05, 4.69) is 27.5 Å². The minimum atomic E-state index is -0.234. The predicted octanol–water partition coefficient (Wildman–Crippen LogP) is 4.70. The lowest BCUT2D eigenvalue weighted by Gasteiger charge is -2.13. The van der Waals surface area contributed by atoms with Gasteiger partial charge in [-0.1, -0.05) is 30.8 Å². The fourth-order valence-corrected chi connectivity index (χ4v) is 4.27. The van der Waals surface area contributed by atoms with Gasteiger partial charge in [-0.25, -0.2) is 9.97 Å². The fourth-order valence-electron chi connectivity index (χ4n) is 2.77. The van der Waals surface area contributed by atoms with Crippen LogP contribution < -0.4 is 10.6 Å². The molecule has 2 amide bonds. The fraction of sp³-hybridized carbons (Fsp3) is 0.238. The number of pyridine rings is 1. The Bertz CT molecular complexity index is 1000. The molecule has 0 radical (unpaired) electrons. The Balaban J connectivity index is 1.74. The Kier molecular flexibility index (Phi) is 7.00. The first kappa shape index (κ1) is 21.0. The molecule has 0 unspecified atom stereocenters. The van der Waals surface area contributed by atoms with E-state index in [-0.39, 0.29) is 17.6 Å². The molecule has 2 N–H and O–H groups in total. The average Bonchev–Trinajstić information content (AvgIpc) is 3.19. The van der Waals surface area contributed by atoms with Crippen LogP contribution in [0.4, 0.5) is 10.8 Å². The summed E-state index contributed by atoms with van der Waals surface area (Å²) in [6, 6.07) is 9.64. The molecule has 0 bridgehead atoms. The van der Waals surface area contributed by atoms with E-state index in [1.54, 1.807) is 11.6 Å². The minimum absolute atomic E-state index is 0.140. The first-order chi connectivity index (χ1) is 14.0. The Morgan fingerprint density at radius 3 is 2.55 bits per heavy atom. The zero-order valence-corrected chi connectivity index (χ0v) is 18.1. The Morgan fingerprint density at radius 1 is 1.14 bits per heavy atom. The maximum Gasteiger partial charge on any atom is 0.258 e. The number of nitrogens with one attached hydrogen (secondary N) is 2. The quantitative estimate of drug-likeness (QED) is 0.535. The van der Waals surface area contributed by atoms with Crippen LogP contribution in [0.1, 0.15) is 34.1 Å². The third kappa shape index (κ3) is 5.65. The third-order valence-corrected chi connectivity index (χ3v) is 5.84. The molecule has 0 aliphatic heterocycles. The summed E-state index contributed by atoms with van der Waals surface area (Å²) in [6.45, 7) is 5.84.